The highest BCUT2D eigenvalue weighted by molar-refractivity contribution is 7.14. The van der Waals surface area contributed by atoms with Gasteiger partial charge in [0.05, 0.1) is 19.9 Å². The highest BCUT2D eigenvalue weighted by atomic mass is 32.1. The largest absolute Gasteiger partial charge is 0.493 e. The second kappa shape index (κ2) is 8.64. The first kappa shape index (κ1) is 18.8. The zero-order chi connectivity index (χ0) is 19.2. The van der Waals surface area contributed by atoms with E-state index in [9.17, 15) is 9.18 Å². The van der Waals surface area contributed by atoms with Crippen LogP contribution >= 0.6 is 11.3 Å². The van der Waals surface area contributed by atoms with Crippen LogP contribution in [0.5, 0.6) is 11.5 Å². The van der Waals surface area contributed by atoms with Crippen molar-refractivity contribution < 1.29 is 18.7 Å². The standard InChI is InChI=1S/C20H19FN2O3S/c1-25-17-9-7-14(11-18(17)26-2)16-12-27-20(22-16)23-19(24)10-8-13-5-3-4-6-15(13)21/h3-7,9,11-12H,8,10H2,1-2H3,(H,22,23,24). The molecular weight excluding hydrogens is 367 g/mol. The Morgan fingerprint density at radius 3 is 2.67 bits per heavy atom. The summed E-state index contributed by atoms with van der Waals surface area (Å²) in [5.41, 5.74) is 2.11. The van der Waals surface area contributed by atoms with Crippen molar-refractivity contribution in [2.75, 3.05) is 19.5 Å². The van der Waals surface area contributed by atoms with Gasteiger partial charge in [-0.1, -0.05) is 18.2 Å². The van der Waals surface area contributed by atoms with E-state index >= 15 is 0 Å². The van der Waals surface area contributed by atoms with Gasteiger partial charge in [0.1, 0.15) is 5.82 Å². The minimum absolute atomic E-state index is 0.187. The molecule has 140 valence electrons. The lowest BCUT2D eigenvalue weighted by Crippen LogP contribution is -2.12. The van der Waals surface area contributed by atoms with Gasteiger partial charge in [-0.25, -0.2) is 9.37 Å². The van der Waals surface area contributed by atoms with Gasteiger partial charge in [-0.2, -0.15) is 0 Å². The second-order valence-electron chi connectivity index (χ2n) is 5.75. The summed E-state index contributed by atoms with van der Waals surface area (Å²) in [5, 5.41) is 5.12. The number of carbonyl (C=O) groups is 1. The fraction of sp³-hybridized carbons (Fsp3) is 0.200. The van der Waals surface area contributed by atoms with Gasteiger partial charge in [0.25, 0.3) is 0 Å². The molecule has 1 amide bonds. The van der Waals surface area contributed by atoms with Crippen molar-refractivity contribution in [3.63, 3.8) is 0 Å². The summed E-state index contributed by atoms with van der Waals surface area (Å²) in [4.78, 5) is 16.6. The van der Waals surface area contributed by atoms with Crippen LogP contribution in [0.25, 0.3) is 11.3 Å². The summed E-state index contributed by atoms with van der Waals surface area (Å²) in [6.07, 6.45) is 0.526. The van der Waals surface area contributed by atoms with Crippen molar-refractivity contribution in [2.24, 2.45) is 0 Å². The van der Waals surface area contributed by atoms with Crippen molar-refractivity contribution in [3.8, 4) is 22.8 Å². The van der Waals surface area contributed by atoms with Crippen LogP contribution in [0.4, 0.5) is 9.52 Å². The first-order chi connectivity index (χ1) is 13.1. The molecule has 0 atom stereocenters. The molecule has 3 rings (SSSR count). The van der Waals surface area contributed by atoms with Crippen molar-refractivity contribution in [1.29, 1.82) is 0 Å². The van der Waals surface area contributed by atoms with Crippen LogP contribution in [0, 0.1) is 5.82 Å². The van der Waals surface area contributed by atoms with Crippen LogP contribution in [-0.2, 0) is 11.2 Å². The van der Waals surface area contributed by atoms with Crippen molar-refractivity contribution in [3.05, 3.63) is 59.2 Å². The number of aryl methyl sites for hydroxylation is 1. The highest BCUT2D eigenvalue weighted by Crippen LogP contribution is 2.33. The highest BCUT2D eigenvalue weighted by Gasteiger charge is 2.12. The lowest BCUT2D eigenvalue weighted by molar-refractivity contribution is -0.116. The smallest absolute Gasteiger partial charge is 0.226 e. The van der Waals surface area contributed by atoms with E-state index in [1.54, 1.807) is 38.5 Å². The van der Waals surface area contributed by atoms with Gasteiger partial charge in [-0.15, -0.1) is 11.3 Å². The van der Waals surface area contributed by atoms with Gasteiger partial charge in [0, 0.05) is 17.4 Å². The SMILES string of the molecule is COc1ccc(-c2csc(NC(=O)CCc3ccccc3F)n2)cc1OC. The van der Waals surface area contributed by atoms with E-state index in [1.165, 1.54) is 17.4 Å². The predicted molar refractivity (Wildman–Crippen MR) is 104 cm³/mol. The molecule has 0 aliphatic heterocycles. The van der Waals surface area contributed by atoms with Crippen LogP contribution in [-0.4, -0.2) is 25.1 Å². The van der Waals surface area contributed by atoms with Gasteiger partial charge >= 0.3 is 0 Å². The lowest BCUT2D eigenvalue weighted by atomic mass is 10.1. The van der Waals surface area contributed by atoms with Gasteiger partial charge in [0.2, 0.25) is 5.91 Å². The molecule has 27 heavy (non-hydrogen) atoms. The summed E-state index contributed by atoms with van der Waals surface area (Å²) in [7, 11) is 3.15. The number of carbonyl (C=O) groups excluding carboxylic acids is 1. The van der Waals surface area contributed by atoms with Crippen molar-refractivity contribution in [2.45, 2.75) is 12.8 Å². The normalized spacial score (nSPS) is 10.5. The van der Waals surface area contributed by atoms with Crippen molar-refractivity contribution in [1.82, 2.24) is 4.98 Å². The molecule has 2 aromatic carbocycles. The Morgan fingerprint density at radius 1 is 1.15 bits per heavy atom. The minimum Gasteiger partial charge on any atom is -0.493 e. The number of nitrogens with zero attached hydrogens (tertiary/aromatic N) is 1. The summed E-state index contributed by atoms with van der Waals surface area (Å²) >= 11 is 1.33. The number of ether oxygens (including phenoxy) is 2. The molecule has 1 aromatic heterocycles. The predicted octanol–water partition coefficient (Wildman–Crippen LogP) is 4.54. The van der Waals surface area contributed by atoms with Gasteiger partial charge in [0.15, 0.2) is 16.6 Å². The summed E-state index contributed by atoms with van der Waals surface area (Å²) in [5.74, 6) is 0.748. The average Bonchev–Trinajstić information content (AvgIpc) is 3.15. The number of rotatable bonds is 7. The molecule has 0 radical (unpaired) electrons. The second-order valence-corrected chi connectivity index (χ2v) is 6.61. The van der Waals surface area contributed by atoms with Crippen LogP contribution in [0.15, 0.2) is 47.8 Å². The molecule has 1 heterocycles. The molecule has 3 aromatic rings. The molecule has 1 N–H and O–H groups in total. The monoisotopic (exact) mass is 386 g/mol. The molecule has 7 heteroatoms. The Hall–Kier alpha value is -2.93. The van der Waals surface area contributed by atoms with E-state index in [1.807, 2.05) is 17.5 Å². The maximum atomic E-state index is 13.6. The molecule has 0 saturated carbocycles. The number of nitrogens with one attached hydrogen (secondary N) is 1. The van der Waals surface area contributed by atoms with E-state index in [4.69, 9.17) is 9.47 Å². The molecule has 5 nitrogen and oxygen atoms in total. The van der Waals surface area contributed by atoms with Crippen LogP contribution < -0.4 is 14.8 Å². The van der Waals surface area contributed by atoms with E-state index in [0.717, 1.165) is 11.3 Å². The average molecular weight is 386 g/mol. The number of methoxy groups -OCH3 is 2. The Morgan fingerprint density at radius 2 is 1.93 bits per heavy atom. The van der Waals surface area contributed by atoms with E-state index in [2.05, 4.69) is 10.3 Å². The molecule has 0 spiro atoms. The van der Waals surface area contributed by atoms with Crippen LogP contribution in [0.1, 0.15) is 12.0 Å². The van der Waals surface area contributed by atoms with Crippen molar-refractivity contribution >= 4 is 22.4 Å². The van der Waals surface area contributed by atoms with E-state index < -0.39 is 0 Å². The topological polar surface area (TPSA) is 60.5 Å². The molecule has 0 aliphatic carbocycles. The Balaban J connectivity index is 1.64. The fourth-order valence-electron chi connectivity index (χ4n) is 2.59. The van der Waals surface area contributed by atoms with Crippen LogP contribution in [0.2, 0.25) is 0 Å². The van der Waals surface area contributed by atoms with E-state index in [0.29, 0.717) is 28.6 Å². The minimum atomic E-state index is -0.296. The number of aromatic nitrogens is 1. The number of hydrogen-bond donors (Lipinski definition) is 1. The Bertz CT molecular complexity index is 942. The summed E-state index contributed by atoms with van der Waals surface area (Å²) < 4.78 is 24.1. The number of halogens is 1. The number of benzene rings is 2. The molecule has 0 unspecified atom stereocenters. The Kier molecular flexibility index (Phi) is 6.03. The molecule has 0 aliphatic rings. The Labute approximate surface area is 160 Å². The van der Waals surface area contributed by atoms with Gasteiger partial charge in [-0.3, -0.25) is 4.79 Å². The molecule has 0 bridgehead atoms. The summed E-state index contributed by atoms with van der Waals surface area (Å²) in [6, 6.07) is 12.0. The van der Waals surface area contributed by atoms with Gasteiger partial charge < -0.3 is 14.8 Å². The number of amides is 1. The maximum absolute atomic E-state index is 13.6. The zero-order valence-corrected chi connectivity index (χ0v) is 15.8. The first-order valence-electron chi connectivity index (χ1n) is 8.32. The maximum Gasteiger partial charge on any atom is 0.226 e. The first-order valence-corrected chi connectivity index (χ1v) is 9.20. The zero-order valence-electron chi connectivity index (χ0n) is 15.0. The van der Waals surface area contributed by atoms with Gasteiger partial charge in [-0.05, 0) is 36.2 Å². The fourth-order valence-corrected chi connectivity index (χ4v) is 3.33. The number of hydrogen-bond acceptors (Lipinski definition) is 5. The molecular formula is C20H19FN2O3S. The third-order valence-electron chi connectivity index (χ3n) is 4.01. The quantitative estimate of drug-likeness (QED) is 0.648. The lowest BCUT2D eigenvalue weighted by Gasteiger charge is -2.08. The summed E-state index contributed by atoms with van der Waals surface area (Å²) in [6.45, 7) is 0. The molecule has 0 saturated heterocycles. The molecule has 0 fully saturated rings. The third-order valence-corrected chi connectivity index (χ3v) is 4.77. The van der Waals surface area contributed by atoms with Crippen LogP contribution in [0.3, 0.4) is 0 Å². The number of thiazole rings is 1. The third kappa shape index (κ3) is 4.62. The van der Waals surface area contributed by atoms with E-state index in [-0.39, 0.29) is 18.1 Å². The number of anilines is 1.